The van der Waals surface area contributed by atoms with Crippen LogP contribution in [0.4, 0.5) is 5.69 Å². The van der Waals surface area contributed by atoms with Gasteiger partial charge in [-0.1, -0.05) is 12.1 Å². The maximum atomic E-state index is 6.05. The molecule has 2 aromatic rings. The van der Waals surface area contributed by atoms with E-state index >= 15 is 0 Å². The Morgan fingerprint density at radius 2 is 2.04 bits per heavy atom. The molecule has 0 saturated heterocycles. The highest BCUT2D eigenvalue weighted by Gasteiger charge is 2.31. The number of rotatable bonds is 3. The maximum absolute atomic E-state index is 6.05. The van der Waals surface area contributed by atoms with Crippen LogP contribution in [0.1, 0.15) is 31.4 Å². The molecule has 0 aromatic heterocycles. The Hall–Kier alpha value is -2.60. The minimum absolute atomic E-state index is 0.340. The fourth-order valence-corrected chi connectivity index (χ4v) is 3.05. The third-order valence-corrected chi connectivity index (χ3v) is 4.24. The first-order valence-electron chi connectivity index (χ1n) is 8.44. The second kappa shape index (κ2) is 7.33. The quantitative estimate of drug-likeness (QED) is 0.626. The number of thiocarbonyl (C=S) groups is 1. The van der Waals surface area contributed by atoms with E-state index in [1.807, 2.05) is 63.2 Å². The van der Waals surface area contributed by atoms with Gasteiger partial charge in [-0.25, -0.2) is 0 Å². The topological polar surface area (TPSA) is 54.9 Å². The van der Waals surface area contributed by atoms with E-state index < -0.39 is 0 Å². The average Bonchev–Trinajstić information content (AvgIpc) is 2.58. The Morgan fingerprint density at radius 3 is 2.77 bits per heavy atom. The molecule has 0 aliphatic carbocycles. The second-order valence-corrected chi connectivity index (χ2v) is 7.30. The number of hydrazone groups is 1. The lowest BCUT2D eigenvalue weighted by Crippen LogP contribution is -2.37. The highest BCUT2D eigenvalue weighted by Crippen LogP contribution is 2.35. The molecule has 0 radical (unpaired) electrons. The van der Waals surface area contributed by atoms with Gasteiger partial charge in [-0.3, -0.25) is 5.43 Å². The van der Waals surface area contributed by atoms with E-state index in [0.717, 1.165) is 34.0 Å². The number of benzene rings is 2. The fraction of sp³-hybridized carbons (Fsp3) is 0.300. The molecule has 0 spiro atoms. The van der Waals surface area contributed by atoms with E-state index in [-0.39, 0.29) is 5.60 Å². The minimum Gasteiger partial charge on any atom is -0.497 e. The van der Waals surface area contributed by atoms with Gasteiger partial charge in [0.05, 0.1) is 12.8 Å². The number of nitrogens with zero attached hydrogens (tertiary/aromatic N) is 1. The van der Waals surface area contributed by atoms with Crippen molar-refractivity contribution in [1.82, 2.24) is 5.43 Å². The van der Waals surface area contributed by atoms with Gasteiger partial charge in [0.25, 0.3) is 0 Å². The zero-order valence-electron chi connectivity index (χ0n) is 15.4. The van der Waals surface area contributed by atoms with E-state index in [1.54, 1.807) is 7.11 Å². The second-order valence-electron chi connectivity index (χ2n) is 6.89. The summed E-state index contributed by atoms with van der Waals surface area (Å²) in [6, 6.07) is 13.7. The van der Waals surface area contributed by atoms with E-state index in [1.165, 1.54) is 0 Å². The first-order chi connectivity index (χ1) is 12.4. The number of hydrogen-bond acceptors (Lipinski definition) is 4. The normalized spacial score (nSPS) is 16.4. The Bertz CT molecular complexity index is 862. The summed E-state index contributed by atoms with van der Waals surface area (Å²) in [5.74, 6) is 1.56. The van der Waals surface area contributed by atoms with Crippen molar-refractivity contribution in [3.8, 4) is 11.5 Å². The lowest BCUT2D eigenvalue weighted by Gasteiger charge is -2.33. The number of fused-ring (bicyclic) bond motifs is 1. The molecule has 0 saturated carbocycles. The van der Waals surface area contributed by atoms with Crippen LogP contribution in [0.2, 0.25) is 0 Å². The van der Waals surface area contributed by atoms with Crippen molar-refractivity contribution in [2.45, 2.75) is 32.8 Å². The summed E-state index contributed by atoms with van der Waals surface area (Å²) < 4.78 is 11.4. The van der Waals surface area contributed by atoms with Crippen LogP contribution < -0.4 is 20.2 Å². The highest BCUT2D eigenvalue weighted by atomic mass is 32.1. The number of anilines is 1. The molecule has 0 bridgehead atoms. The van der Waals surface area contributed by atoms with Crippen molar-refractivity contribution in [2.75, 3.05) is 12.4 Å². The molecule has 6 heteroatoms. The van der Waals surface area contributed by atoms with E-state index in [0.29, 0.717) is 11.5 Å². The fourth-order valence-electron chi connectivity index (χ4n) is 2.88. The van der Waals surface area contributed by atoms with Crippen LogP contribution in [0.15, 0.2) is 47.6 Å². The van der Waals surface area contributed by atoms with Gasteiger partial charge < -0.3 is 14.8 Å². The third-order valence-electron chi connectivity index (χ3n) is 4.05. The standard InChI is InChI=1S/C20H23N3O2S/c1-13-6-5-7-14(10-13)21-19(26)23-22-17-12-20(2,3)25-18-9-8-15(24-4)11-16(17)18/h5-11H,12H2,1-4H3,(H2,21,23,26). The summed E-state index contributed by atoms with van der Waals surface area (Å²) >= 11 is 5.37. The molecule has 0 amide bonds. The summed E-state index contributed by atoms with van der Waals surface area (Å²) in [4.78, 5) is 0. The monoisotopic (exact) mass is 369 g/mol. The molecule has 0 atom stereocenters. The molecule has 3 rings (SSSR count). The summed E-state index contributed by atoms with van der Waals surface area (Å²) in [6.07, 6.45) is 0.660. The van der Waals surface area contributed by atoms with Crippen LogP contribution in [0.3, 0.4) is 0 Å². The van der Waals surface area contributed by atoms with Gasteiger partial charge in [-0.2, -0.15) is 5.10 Å². The van der Waals surface area contributed by atoms with Gasteiger partial charge in [-0.15, -0.1) is 0 Å². The molecule has 0 fully saturated rings. The van der Waals surface area contributed by atoms with Gasteiger partial charge in [0.15, 0.2) is 5.11 Å². The van der Waals surface area contributed by atoms with Gasteiger partial charge in [0, 0.05) is 17.7 Å². The first-order valence-corrected chi connectivity index (χ1v) is 8.85. The number of methoxy groups -OCH3 is 1. The molecule has 136 valence electrons. The lowest BCUT2D eigenvalue weighted by molar-refractivity contribution is 0.111. The molecule has 5 nitrogen and oxygen atoms in total. The molecule has 1 aliphatic heterocycles. The van der Waals surface area contributed by atoms with Crippen molar-refractivity contribution >= 4 is 28.7 Å². The Kier molecular flexibility index (Phi) is 5.13. The number of ether oxygens (including phenoxy) is 2. The minimum atomic E-state index is -0.340. The van der Waals surface area contributed by atoms with Gasteiger partial charge in [-0.05, 0) is 68.9 Å². The molecule has 1 aliphatic rings. The van der Waals surface area contributed by atoms with Crippen molar-refractivity contribution in [1.29, 1.82) is 0 Å². The van der Waals surface area contributed by atoms with Crippen LogP contribution >= 0.6 is 12.2 Å². The summed E-state index contributed by atoms with van der Waals surface area (Å²) in [7, 11) is 1.64. The molecule has 26 heavy (non-hydrogen) atoms. The van der Waals surface area contributed by atoms with Crippen molar-refractivity contribution < 1.29 is 9.47 Å². The van der Waals surface area contributed by atoms with Crippen LogP contribution in [-0.4, -0.2) is 23.5 Å². The largest absolute Gasteiger partial charge is 0.497 e. The van der Waals surface area contributed by atoms with Crippen LogP contribution in [0.25, 0.3) is 0 Å². The zero-order chi connectivity index (χ0) is 18.7. The first kappa shape index (κ1) is 18.2. The molecule has 2 N–H and O–H groups in total. The maximum Gasteiger partial charge on any atom is 0.191 e. The summed E-state index contributed by atoms with van der Waals surface area (Å²) in [5.41, 5.74) is 6.49. The predicted octanol–water partition coefficient (Wildman–Crippen LogP) is 4.26. The number of hydrogen-bond donors (Lipinski definition) is 2. The third kappa shape index (κ3) is 4.32. The van der Waals surface area contributed by atoms with Gasteiger partial charge in [0.2, 0.25) is 0 Å². The Morgan fingerprint density at radius 1 is 1.23 bits per heavy atom. The Labute approximate surface area is 159 Å². The molecule has 1 heterocycles. The average molecular weight is 369 g/mol. The molecular weight excluding hydrogens is 346 g/mol. The van der Waals surface area contributed by atoms with Crippen molar-refractivity contribution in [3.05, 3.63) is 53.6 Å². The summed E-state index contributed by atoms with van der Waals surface area (Å²) in [5, 5.41) is 8.13. The summed E-state index contributed by atoms with van der Waals surface area (Å²) in [6.45, 7) is 6.12. The lowest BCUT2D eigenvalue weighted by atomic mass is 9.92. The van der Waals surface area contributed by atoms with Crippen molar-refractivity contribution in [2.24, 2.45) is 5.10 Å². The van der Waals surface area contributed by atoms with Gasteiger partial charge >= 0.3 is 0 Å². The predicted molar refractivity (Wildman–Crippen MR) is 109 cm³/mol. The van der Waals surface area contributed by atoms with Gasteiger partial charge in [0.1, 0.15) is 17.1 Å². The van der Waals surface area contributed by atoms with E-state index in [9.17, 15) is 0 Å². The van der Waals surface area contributed by atoms with E-state index in [2.05, 4.69) is 15.8 Å². The number of aryl methyl sites for hydroxylation is 1. The zero-order valence-corrected chi connectivity index (χ0v) is 16.2. The molecular formula is C20H23N3O2S. The molecule has 2 aromatic carbocycles. The van der Waals surface area contributed by atoms with Crippen molar-refractivity contribution in [3.63, 3.8) is 0 Å². The van der Waals surface area contributed by atoms with Crippen LogP contribution in [0.5, 0.6) is 11.5 Å². The van der Waals surface area contributed by atoms with E-state index in [4.69, 9.17) is 21.7 Å². The molecule has 0 unspecified atom stereocenters. The highest BCUT2D eigenvalue weighted by molar-refractivity contribution is 7.80. The van der Waals surface area contributed by atoms with Crippen LogP contribution in [0, 0.1) is 6.92 Å². The smallest absolute Gasteiger partial charge is 0.191 e. The SMILES string of the molecule is COc1ccc2c(c1)C(=NNC(=S)Nc1cccc(C)c1)CC(C)(C)O2. The number of nitrogens with one attached hydrogen (secondary N) is 2. The van der Waals surface area contributed by atoms with Crippen LogP contribution in [-0.2, 0) is 0 Å². The Balaban J connectivity index is 1.80.